The molecule has 0 bridgehead atoms. The predicted molar refractivity (Wildman–Crippen MR) is 234 cm³/mol. The average Bonchev–Trinajstić information content (AvgIpc) is 3.97. The molecule has 0 radical (unpaired) electrons. The zero-order valence-electron chi connectivity index (χ0n) is 32.4. The van der Waals surface area contributed by atoms with Crippen molar-refractivity contribution in [3.05, 3.63) is 222 Å². The van der Waals surface area contributed by atoms with E-state index in [-0.39, 0.29) is 0 Å². The molecule has 9 heteroatoms. The molecular formula is C50H43N5O4. The molecule has 0 N–H and O–H groups in total. The van der Waals surface area contributed by atoms with Gasteiger partial charge in [-0.05, 0) is 84.9 Å². The molecule has 9 rings (SSSR count). The van der Waals surface area contributed by atoms with Crippen LogP contribution in [0.15, 0.2) is 211 Å². The van der Waals surface area contributed by atoms with E-state index < -0.39 is 12.5 Å². The first-order valence-electron chi connectivity index (χ1n) is 19.8. The van der Waals surface area contributed by atoms with Gasteiger partial charge in [-0.3, -0.25) is 9.80 Å². The summed E-state index contributed by atoms with van der Waals surface area (Å²) < 4.78 is 12.6. The lowest BCUT2D eigenvalue weighted by molar-refractivity contribution is 0.0867. The average molecular weight is 778 g/mol. The fourth-order valence-electron chi connectivity index (χ4n) is 7.29. The number of para-hydroxylation sites is 3. The van der Waals surface area contributed by atoms with Gasteiger partial charge in [0, 0.05) is 39.3 Å². The molecular weight excluding hydrogens is 735 g/mol. The van der Waals surface area contributed by atoms with Gasteiger partial charge in [0.05, 0.1) is 13.1 Å². The first kappa shape index (κ1) is 37.1. The van der Waals surface area contributed by atoms with E-state index in [9.17, 15) is 0 Å². The number of amidine groups is 2. The van der Waals surface area contributed by atoms with Gasteiger partial charge < -0.3 is 24.0 Å². The van der Waals surface area contributed by atoms with Crippen LogP contribution < -0.4 is 24.2 Å². The molecule has 292 valence electrons. The fourth-order valence-corrected chi connectivity index (χ4v) is 7.29. The predicted octanol–water partition coefficient (Wildman–Crippen LogP) is 10.4. The van der Waals surface area contributed by atoms with Crippen LogP contribution in [0.5, 0.6) is 11.5 Å². The Hall–Kier alpha value is -7.52. The van der Waals surface area contributed by atoms with Gasteiger partial charge in [0.15, 0.2) is 11.7 Å². The number of hydrogen-bond donors (Lipinski definition) is 0. The molecule has 2 aliphatic heterocycles. The second kappa shape index (κ2) is 17.7. The Bertz CT molecular complexity index is 2300. The van der Waals surface area contributed by atoms with Crippen molar-refractivity contribution < 1.29 is 19.1 Å². The lowest BCUT2D eigenvalue weighted by Gasteiger charge is -2.26. The first-order valence-corrected chi connectivity index (χ1v) is 19.8. The Labute approximate surface area is 344 Å². The number of nitrogens with zero attached hydrogens (tertiary/aromatic N) is 5. The standard InChI is InChI=1S/C50H43N5O4/c1-6-16-38(17-7-1)47-51-58-49(54(47)43-22-12-4-13-23-43)40-26-30-45(31-27-40)56-36-34-53(42-20-10-3-11-21-42)35-37-57-46-32-28-41(29-33-46)50-55(44-24-14-5-15-25-44)48(52-59-50)39-18-8-2-9-19-39/h1-33,49-50H,34-37H2. The van der Waals surface area contributed by atoms with Gasteiger partial charge in [-0.15, -0.1) is 0 Å². The van der Waals surface area contributed by atoms with Gasteiger partial charge in [-0.25, -0.2) is 0 Å². The minimum atomic E-state index is -0.409. The maximum Gasteiger partial charge on any atom is 0.231 e. The van der Waals surface area contributed by atoms with Gasteiger partial charge in [0.25, 0.3) is 0 Å². The van der Waals surface area contributed by atoms with Gasteiger partial charge in [-0.1, -0.05) is 126 Å². The lowest BCUT2D eigenvalue weighted by atomic mass is 10.1. The van der Waals surface area contributed by atoms with Crippen LogP contribution in [-0.4, -0.2) is 38.0 Å². The molecule has 0 amide bonds. The van der Waals surface area contributed by atoms with E-state index in [4.69, 9.17) is 19.1 Å². The largest absolute Gasteiger partial charge is 0.492 e. The van der Waals surface area contributed by atoms with Crippen molar-refractivity contribution in [1.29, 1.82) is 0 Å². The number of anilines is 3. The Morgan fingerprint density at radius 2 is 0.780 bits per heavy atom. The van der Waals surface area contributed by atoms with Crippen molar-refractivity contribution >= 4 is 28.7 Å². The molecule has 0 aromatic heterocycles. The molecule has 2 heterocycles. The normalized spacial score (nSPS) is 15.8. The molecule has 0 saturated carbocycles. The number of oxime groups is 2. The number of rotatable bonds is 15. The molecule has 2 unspecified atom stereocenters. The van der Waals surface area contributed by atoms with Gasteiger partial charge in [0.2, 0.25) is 12.5 Å². The van der Waals surface area contributed by atoms with Gasteiger partial charge in [-0.2, -0.15) is 0 Å². The van der Waals surface area contributed by atoms with Gasteiger partial charge >= 0.3 is 0 Å². The summed E-state index contributed by atoms with van der Waals surface area (Å²) in [7, 11) is 0. The first-order chi connectivity index (χ1) is 29.3. The highest BCUT2D eigenvalue weighted by Gasteiger charge is 2.35. The highest BCUT2D eigenvalue weighted by molar-refractivity contribution is 6.11. The van der Waals surface area contributed by atoms with E-state index in [0.29, 0.717) is 26.3 Å². The third-order valence-corrected chi connectivity index (χ3v) is 10.2. The van der Waals surface area contributed by atoms with Crippen LogP contribution in [-0.2, 0) is 9.68 Å². The van der Waals surface area contributed by atoms with E-state index in [1.54, 1.807) is 0 Å². The molecule has 2 aliphatic rings. The molecule has 59 heavy (non-hydrogen) atoms. The van der Waals surface area contributed by atoms with Crippen LogP contribution >= 0.6 is 0 Å². The van der Waals surface area contributed by atoms with Crippen molar-refractivity contribution in [1.82, 2.24) is 0 Å². The molecule has 9 nitrogen and oxygen atoms in total. The minimum Gasteiger partial charge on any atom is -0.492 e. The van der Waals surface area contributed by atoms with Crippen LogP contribution in [0, 0.1) is 0 Å². The molecule has 7 aromatic carbocycles. The van der Waals surface area contributed by atoms with Crippen molar-refractivity contribution in [2.24, 2.45) is 10.3 Å². The lowest BCUT2D eigenvalue weighted by Crippen LogP contribution is -2.32. The highest BCUT2D eigenvalue weighted by atomic mass is 16.7. The zero-order valence-corrected chi connectivity index (χ0v) is 32.4. The molecule has 2 atom stereocenters. The van der Waals surface area contributed by atoms with E-state index in [2.05, 4.69) is 73.5 Å². The van der Waals surface area contributed by atoms with Crippen LogP contribution in [0.4, 0.5) is 17.1 Å². The van der Waals surface area contributed by atoms with Crippen molar-refractivity contribution in [2.75, 3.05) is 41.0 Å². The third-order valence-electron chi connectivity index (χ3n) is 10.2. The summed E-state index contributed by atoms with van der Waals surface area (Å²) in [5.41, 5.74) is 7.03. The Morgan fingerprint density at radius 1 is 0.424 bits per heavy atom. The van der Waals surface area contributed by atoms with Crippen LogP contribution in [0.1, 0.15) is 34.7 Å². The smallest absolute Gasteiger partial charge is 0.231 e. The molecule has 0 aliphatic carbocycles. The summed E-state index contributed by atoms with van der Waals surface area (Å²) in [6.07, 6.45) is -0.819. The van der Waals surface area contributed by atoms with E-state index in [1.165, 1.54) is 0 Å². The summed E-state index contributed by atoms with van der Waals surface area (Å²) in [6, 6.07) is 67.1. The van der Waals surface area contributed by atoms with Crippen molar-refractivity contribution in [3.63, 3.8) is 0 Å². The van der Waals surface area contributed by atoms with Crippen LogP contribution in [0.3, 0.4) is 0 Å². The molecule has 7 aromatic rings. The maximum atomic E-state index is 6.29. The number of ether oxygens (including phenoxy) is 2. The summed E-state index contributed by atoms with van der Waals surface area (Å²) in [6.45, 7) is 2.33. The highest BCUT2D eigenvalue weighted by Crippen LogP contribution is 2.37. The Kier molecular flexibility index (Phi) is 11.1. The SMILES string of the molecule is c1ccc(C2=NOC(c3ccc(OCCN(CCOc4ccc(C5ON=C(c6ccccc6)N5c5ccccc5)cc4)c4ccccc4)cc3)N2c2ccccc2)cc1. The van der Waals surface area contributed by atoms with E-state index >= 15 is 0 Å². The monoisotopic (exact) mass is 777 g/mol. The summed E-state index contributed by atoms with van der Waals surface area (Å²) in [5.74, 6) is 3.10. The molecule has 0 saturated heterocycles. The Balaban J connectivity index is 0.815. The number of hydrogen-bond acceptors (Lipinski definition) is 9. The van der Waals surface area contributed by atoms with E-state index in [1.807, 2.05) is 152 Å². The quantitative estimate of drug-likeness (QED) is 0.103. The number of benzene rings is 7. The maximum absolute atomic E-state index is 6.29. The summed E-state index contributed by atoms with van der Waals surface area (Å²) in [4.78, 5) is 18.6. The van der Waals surface area contributed by atoms with E-state index in [0.717, 1.165) is 62.5 Å². The third kappa shape index (κ3) is 8.45. The topological polar surface area (TPSA) is 71.4 Å². The molecule has 0 fully saturated rings. The second-order valence-electron chi connectivity index (χ2n) is 14.0. The second-order valence-corrected chi connectivity index (χ2v) is 14.0. The van der Waals surface area contributed by atoms with Crippen molar-refractivity contribution in [3.8, 4) is 11.5 Å². The summed E-state index contributed by atoms with van der Waals surface area (Å²) >= 11 is 0. The van der Waals surface area contributed by atoms with Crippen LogP contribution in [0.2, 0.25) is 0 Å². The molecule has 0 spiro atoms. The summed E-state index contributed by atoms with van der Waals surface area (Å²) in [5, 5.41) is 9.03. The minimum absolute atomic E-state index is 0.409. The zero-order chi connectivity index (χ0) is 39.6. The fraction of sp³-hybridized carbons (Fsp3) is 0.120. The Morgan fingerprint density at radius 3 is 1.17 bits per heavy atom. The van der Waals surface area contributed by atoms with Crippen LogP contribution in [0.25, 0.3) is 0 Å². The van der Waals surface area contributed by atoms with Crippen molar-refractivity contribution in [2.45, 2.75) is 12.5 Å². The van der Waals surface area contributed by atoms with Gasteiger partial charge in [0.1, 0.15) is 24.7 Å².